The molecule has 108 valence electrons. The molecular formula is C14H24IN3O. The van der Waals surface area contributed by atoms with E-state index in [2.05, 4.69) is 51.7 Å². The number of methoxy groups -OCH3 is 1. The van der Waals surface area contributed by atoms with Crippen LogP contribution in [0.3, 0.4) is 0 Å². The molecule has 0 aliphatic heterocycles. The number of aromatic nitrogens is 2. The Morgan fingerprint density at radius 3 is 2.42 bits per heavy atom. The van der Waals surface area contributed by atoms with E-state index in [0.29, 0.717) is 0 Å². The molecule has 1 N–H and O–H groups in total. The van der Waals surface area contributed by atoms with Gasteiger partial charge in [-0.15, -0.1) is 0 Å². The standard InChI is InChI=1S/C14H24IN3O/c1-6-8-10-11(15)12(16-9-7-2)18-13(17-10)14(3,4)19-5/h6-9H2,1-5H3,(H,16,17,18). The van der Waals surface area contributed by atoms with Crippen LogP contribution in [0.2, 0.25) is 0 Å². The van der Waals surface area contributed by atoms with Gasteiger partial charge in [-0.05, 0) is 49.3 Å². The first-order valence-corrected chi connectivity index (χ1v) is 7.90. The summed E-state index contributed by atoms with van der Waals surface area (Å²) in [6, 6.07) is 0. The summed E-state index contributed by atoms with van der Waals surface area (Å²) in [6.07, 6.45) is 3.12. The van der Waals surface area contributed by atoms with Gasteiger partial charge >= 0.3 is 0 Å². The predicted molar refractivity (Wildman–Crippen MR) is 87.6 cm³/mol. The number of aryl methyl sites for hydroxylation is 1. The Hall–Kier alpha value is -0.430. The Morgan fingerprint density at radius 2 is 1.89 bits per heavy atom. The van der Waals surface area contributed by atoms with E-state index in [1.165, 1.54) is 0 Å². The SMILES string of the molecule is CCCNc1nc(C(C)(C)OC)nc(CCC)c1I. The lowest BCUT2D eigenvalue weighted by atomic mass is 10.1. The Bertz CT molecular complexity index is 421. The van der Waals surface area contributed by atoms with Crippen LogP contribution in [0.25, 0.3) is 0 Å². The molecule has 1 aromatic rings. The van der Waals surface area contributed by atoms with Gasteiger partial charge in [-0.1, -0.05) is 20.3 Å². The highest BCUT2D eigenvalue weighted by molar-refractivity contribution is 14.1. The summed E-state index contributed by atoms with van der Waals surface area (Å²) in [5.41, 5.74) is 0.645. The van der Waals surface area contributed by atoms with Gasteiger partial charge in [0.05, 0.1) is 9.26 Å². The van der Waals surface area contributed by atoms with Crippen molar-refractivity contribution in [3.8, 4) is 0 Å². The van der Waals surface area contributed by atoms with Gasteiger partial charge in [0.25, 0.3) is 0 Å². The Balaban J connectivity index is 3.22. The van der Waals surface area contributed by atoms with Crippen molar-refractivity contribution < 1.29 is 4.74 Å². The van der Waals surface area contributed by atoms with Crippen molar-refractivity contribution in [1.29, 1.82) is 0 Å². The van der Waals surface area contributed by atoms with Gasteiger partial charge in [-0.3, -0.25) is 0 Å². The summed E-state index contributed by atoms with van der Waals surface area (Å²) in [4.78, 5) is 9.33. The molecule has 0 saturated carbocycles. The number of ether oxygens (including phenoxy) is 1. The van der Waals surface area contributed by atoms with Crippen LogP contribution < -0.4 is 5.32 Å². The number of hydrogen-bond acceptors (Lipinski definition) is 4. The first kappa shape index (κ1) is 16.6. The summed E-state index contributed by atoms with van der Waals surface area (Å²) in [7, 11) is 1.69. The van der Waals surface area contributed by atoms with Crippen LogP contribution in [-0.2, 0) is 16.8 Å². The molecular weight excluding hydrogens is 353 g/mol. The normalized spacial score (nSPS) is 11.7. The molecule has 1 heterocycles. The lowest BCUT2D eigenvalue weighted by Gasteiger charge is -2.23. The molecule has 0 atom stereocenters. The van der Waals surface area contributed by atoms with Gasteiger partial charge < -0.3 is 10.1 Å². The molecule has 0 radical (unpaired) electrons. The third-order valence-corrected chi connectivity index (χ3v) is 4.13. The maximum Gasteiger partial charge on any atom is 0.162 e. The van der Waals surface area contributed by atoms with Crippen molar-refractivity contribution in [2.45, 2.75) is 52.6 Å². The molecule has 1 rings (SSSR count). The van der Waals surface area contributed by atoms with E-state index in [9.17, 15) is 0 Å². The molecule has 0 aromatic carbocycles. The van der Waals surface area contributed by atoms with Gasteiger partial charge in [0.1, 0.15) is 11.4 Å². The average molecular weight is 377 g/mol. The molecule has 19 heavy (non-hydrogen) atoms. The Morgan fingerprint density at radius 1 is 1.21 bits per heavy atom. The van der Waals surface area contributed by atoms with Crippen LogP contribution >= 0.6 is 22.6 Å². The van der Waals surface area contributed by atoms with E-state index in [4.69, 9.17) is 4.74 Å². The van der Waals surface area contributed by atoms with Gasteiger partial charge in [-0.25, -0.2) is 9.97 Å². The minimum absolute atomic E-state index is 0.463. The highest BCUT2D eigenvalue weighted by Gasteiger charge is 2.25. The molecule has 0 saturated heterocycles. The number of anilines is 1. The third kappa shape index (κ3) is 4.27. The summed E-state index contributed by atoms with van der Waals surface area (Å²) < 4.78 is 6.63. The zero-order valence-electron chi connectivity index (χ0n) is 12.5. The van der Waals surface area contributed by atoms with E-state index in [-0.39, 0.29) is 0 Å². The molecule has 4 nitrogen and oxygen atoms in total. The third-order valence-electron chi connectivity index (χ3n) is 3.00. The Kier molecular flexibility index (Phi) is 6.46. The highest BCUT2D eigenvalue weighted by Crippen LogP contribution is 2.26. The van der Waals surface area contributed by atoms with Crippen LogP contribution in [0.1, 0.15) is 52.1 Å². The van der Waals surface area contributed by atoms with Crippen molar-refractivity contribution >= 4 is 28.4 Å². The summed E-state index contributed by atoms with van der Waals surface area (Å²) in [5, 5.41) is 3.38. The number of rotatable bonds is 7. The lowest BCUT2D eigenvalue weighted by Crippen LogP contribution is -2.25. The zero-order chi connectivity index (χ0) is 14.5. The second-order valence-electron chi connectivity index (χ2n) is 5.05. The van der Waals surface area contributed by atoms with E-state index in [1.54, 1.807) is 7.11 Å². The largest absolute Gasteiger partial charge is 0.371 e. The van der Waals surface area contributed by atoms with Crippen molar-refractivity contribution in [2.75, 3.05) is 19.0 Å². The average Bonchev–Trinajstić information content (AvgIpc) is 2.39. The smallest absolute Gasteiger partial charge is 0.162 e. The highest BCUT2D eigenvalue weighted by atomic mass is 127. The number of nitrogens with one attached hydrogen (secondary N) is 1. The molecule has 0 amide bonds. The molecule has 0 aliphatic carbocycles. The zero-order valence-corrected chi connectivity index (χ0v) is 14.7. The van der Waals surface area contributed by atoms with Crippen molar-refractivity contribution in [3.63, 3.8) is 0 Å². The maximum absolute atomic E-state index is 5.50. The van der Waals surface area contributed by atoms with E-state index in [0.717, 1.165) is 46.7 Å². The first-order valence-electron chi connectivity index (χ1n) is 6.82. The molecule has 1 aromatic heterocycles. The number of hydrogen-bond donors (Lipinski definition) is 1. The van der Waals surface area contributed by atoms with Gasteiger partial charge in [-0.2, -0.15) is 0 Å². The van der Waals surface area contributed by atoms with Crippen LogP contribution in [0, 0.1) is 3.57 Å². The summed E-state index contributed by atoms with van der Waals surface area (Å²) in [5.74, 6) is 1.68. The van der Waals surface area contributed by atoms with Gasteiger partial charge in [0.15, 0.2) is 5.82 Å². The van der Waals surface area contributed by atoms with Crippen LogP contribution in [0.15, 0.2) is 0 Å². The fraction of sp³-hybridized carbons (Fsp3) is 0.714. The molecule has 0 spiro atoms. The second-order valence-corrected chi connectivity index (χ2v) is 6.13. The fourth-order valence-electron chi connectivity index (χ4n) is 1.62. The predicted octanol–water partition coefficient (Wildman–Crippen LogP) is 3.74. The Labute approximate surface area is 129 Å². The number of halogens is 1. The van der Waals surface area contributed by atoms with Crippen molar-refractivity contribution in [1.82, 2.24) is 9.97 Å². The molecule has 0 aliphatic rings. The fourth-order valence-corrected chi connectivity index (χ4v) is 2.32. The van der Waals surface area contributed by atoms with Crippen LogP contribution in [-0.4, -0.2) is 23.6 Å². The van der Waals surface area contributed by atoms with Crippen molar-refractivity contribution in [3.05, 3.63) is 15.1 Å². The second kappa shape index (κ2) is 7.38. The minimum atomic E-state index is -0.463. The van der Waals surface area contributed by atoms with E-state index < -0.39 is 5.60 Å². The van der Waals surface area contributed by atoms with E-state index >= 15 is 0 Å². The van der Waals surface area contributed by atoms with E-state index in [1.807, 2.05) is 13.8 Å². The first-order chi connectivity index (χ1) is 8.96. The lowest BCUT2D eigenvalue weighted by molar-refractivity contribution is 0.0113. The van der Waals surface area contributed by atoms with Crippen molar-refractivity contribution in [2.24, 2.45) is 0 Å². The topological polar surface area (TPSA) is 47.0 Å². The molecule has 0 fully saturated rings. The number of nitrogens with zero attached hydrogens (tertiary/aromatic N) is 2. The monoisotopic (exact) mass is 377 g/mol. The van der Waals surface area contributed by atoms with Gasteiger partial charge in [0, 0.05) is 13.7 Å². The maximum atomic E-state index is 5.50. The molecule has 5 heteroatoms. The molecule has 0 unspecified atom stereocenters. The molecule has 0 bridgehead atoms. The summed E-state index contributed by atoms with van der Waals surface area (Å²) >= 11 is 2.33. The van der Waals surface area contributed by atoms with Crippen LogP contribution in [0.4, 0.5) is 5.82 Å². The van der Waals surface area contributed by atoms with Crippen LogP contribution in [0.5, 0.6) is 0 Å². The minimum Gasteiger partial charge on any atom is -0.371 e. The quantitative estimate of drug-likeness (QED) is 0.736. The summed E-state index contributed by atoms with van der Waals surface area (Å²) in [6.45, 7) is 9.22. The van der Waals surface area contributed by atoms with Gasteiger partial charge in [0.2, 0.25) is 0 Å².